The van der Waals surface area contributed by atoms with Crippen molar-refractivity contribution in [1.82, 2.24) is 4.98 Å². The quantitative estimate of drug-likeness (QED) is 0.593. The van der Waals surface area contributed by atoms with Gasteiger partial charge in [-0.15, -0.1) is 0 Å². The summed E-state index contributed by atoms with van der Waals surface area (Å²) in [7, 11) is 0. The van der Waals surface area contributed by atoms with Gasteiger partial charge < -0.3 is 0 Å². The second-order valence-corrected chi connectivity index (χ2v) is 3.33. The van der Waals surface area contributed by atoms with Gasteiger partial charge in [-0.1, -0.05) is 15.9 Å². The molecule has 1 heterocycles. The monoisotopic (exact) mass is 307 g/mol. The van der Waals surface area contributed by atoms with Crippen molar-refractivity contribution in [3.8, 4) is 0 Å². The lowest BCUT2D eigenvalue weighted by Gasteiger charge is -2.15. The maximum Gasteiger partial charge on any atom is 0.418 e. The Bertz CT molecular complexity index is 389. The second kappa shape index (κ2) is 4.60. The van der Waals surface area contributed by atoms with Gasteiger partial charge in [-0.2, -0.15) is 13.2 Å². The minimum absolute atomic E-state index is 0.354. The molecule has 0 aromatic carbocycles. The first-order valence-corrected chi connectivity index (χ1v) is 4.99. The van der Waals surface area contributed by atoms with Crippen LogP contribution in [0.25, 0.3) is 0 Å². The standard InChI is InChI=1S/C8H4BrF6N/c9-1-4-6(8(13,14)15)5(7(11)12)3(10)2-16-4/h2,7H,1H2. The Morgan fingerprint density at radius 3 is 2.25 bits per heavy atom. The molecule has 8 heteroatoms. The molecule has 1 nitrogen and oxygen atoms in total. The summed E-state index contributed by atoms with van der Waals surface area (Å²) < 4.78 is 75.0. The van der Waals surface area contributed by atoms with Gasteiger partial charge in [0.25, 0.3) is 6.43 Å². The van der Waals surface area contributed by atoms with E-state index in [2.05, 4.69) is 20.9 Å². The SMILES string of the molecule is Fc1cnc(CBr)c(C(F)(F)F)c1C(F)F. The first kappa shape index (κ1) is 13.3. The molecule has 0 radical (unpaired) electrons. The fraction of sp³-hybridized carbons (Fsp3) is 0.375. The molecule has 0 N–H and O–H groups in total. The predicted molar refractivity (Wildman–Crippen MR) is 46.8 cm³/mol. The highest BCUT2D eigenvalue weighted by molar-refractivity contribution is 9.08. The van der Waals surface area contributed by atoms with Gasteiger partial charge in [-0.25, -0.2) is 13.2 Å². The molecule has 0 spiro atoms. The van der Waals surface area contributed by atoms with Gasteiger partial charge in [0.2, 0.25) is 0 Å². The fourth-order valence-electron chi connectivity index (χ4n) is 1.17. The summed E-state index contributed by atoms with van der Waals surface area (Å²) in [5, 5.41) is -0.387. The van der Waals surface area contributed by atoms with Crippen LogP contribution in [0.3, 0.4) is 0 Å². The summed E-state index contributed by atoms with van der Waals surface area (Å²) in [5.74, 6) is -1.66. The van der Waals surface area contributed by atoms with Crippen LogP contribution in [0.1, 0.15) is 23.2 Å². The lowest BCUT2D eigenvalue weighted by molar-refractivity contribution is -0.140. The Balaban J connectivity index is 3.56. The largest absolute Gasteiger partial charge is 0.418 e. The summed E-state index contributed by atoms with van der Waals surface area (Å²) in [6.45, 7) is 0. The van der Waals surface area contributed by atoms with E-state index >= 15 is 0 Å². The number of alkyl halides is 6. The van der Waals surface area contributed by atoms with Crippen molar-refractivity contribution < 1.29 is 26.3 Å². The van der Waals surface area contributed by atoms with Gasteiger partial charge in [-0.3, -0.25) is 4.98 Å². The van der Waals surface area contributed by atoms with Crippen molar-refractivity contribution >= 4 is 15.9 Å². The highest BCUT2D eigenvalue weighted by Gasteiger charge is 2.40. The number of halogens is 7. The predicted octanol–water partition coefficient (Wildman–Crippen LogP) is 4.07. The minimum Gasteiger partial charge on any atom is -0.257 e. The molecule has 0 fully saturated rings. The van der Waals surface area contributed by atoms with E-state index in [1.807, 2.05) is 0 Å². The molecule has 0 saturated carbocycles. The maximum absolute atomic E-state index is 12.9. The lowest BCUT2D eigenvalue weighted by Crippen LogP contribution is -2.16. The van der Waals surface area contributed by atoms with Crippen LogP contribution in [-0.4, -0.2) is 4.98 Å². The van der Waals surface area contributed by atoms with Crippen LogP contribution in [-0.2, 0) is 11.5 Å². The summed E-state index contributed by atoms with van der Waals surface area (Å²) in [6.07, 6.45) is -8.26. The van der Waals surface area contributed by atoms with Crippen LogP contribution >= 0.6 is 15.9 Å². The van der Waals surface area contributed by atoms with E-state index < -0.39 is 35.2 Å². The third-order valence-electron chi connectivity index (χ3n) is 1.78. The molecule has 1 aromatic heterocycles. The molecule has 0 aliphatic carbocycles. The molecular weight excluding hydrogens is 304 g/mol. The van der Waals surface area contributed by atoms with Gasteiger partial charge >= 0.3 is 6.18 Å². The van der Waals surface area contributed by atoms with E-state index in [-0.39, 0.29) is 5.33 Å². The number of pyridine rings is 1. The molecule has 0 atom stereocenters. The normalized spacial score (nSPS) is 12.2. The lowest BCUT2D eigenvalue weighted by atomic mass is 10.1. The van der Waals surface area contributed by atoms with E-state index in [0.29, 0.717) is 6.20 Å². The van der Waals surface area contributed by atoms with Crippen molar-refractivity contribution in [3.05, 3.63) is 28.8 Å². The average Bonchev–Trinajstić information content (AvgIpc) is 2.15. The van der Waals surface area contributed by atoms with Gasteiger partial charge in [0, 0.05) is 5.33 Å². The summed E-state index contributed by atoms with van der Waals surface area (Å²) >= 11 is 2.68. The van der Waals surface area contributed by atoms with Gasteiger partial charge in [-0.05, 0) is 0 Å². The smallest absolute Gasteiger partial charge is 0.257 e. The van der Waals surface area contributed by atoms with Crippen molar-refractivity contribution in [2.75, 3.05) is 0 Å². The van der Waals surface area contributed by atoms with Gasteiger partial charge in [0.05, 0.1) is 23.0 Å². The van der Waals surface area contributed by atoms with Crippen LogP contribution in [0.4, 0.5) is 26.3 Å². The number of rotatable bonds is 2. The van der Waals surface area contributed by atoms with Crippen molar-refractivity contribution in [2.24, 2.45) is 0 Å². The Morgan fingerprint density at radius 1 is 1.31 bits per heavy atom. The Labute approximate surface area is 94.6 Å². The number of hydrogen-bond acceptors (Lipinski definition) is 1. The first-order chi connectivity index (χ1) is 7.29. The molecule has 16 heavy (non-hydrogen) atoms. The van der Waals surface area contributed by atoms with Gasteiger partial charge in [0.15, 0.2) is 5.82 Å². The molecule has 0 saturated heterocycles. The topological polar surface area (TPSA) is 12.9 Å². The first-order valence-electron chi connectivity index (χ1n) is 3.87. The zero-order valence-corrected chi connectivity index (χ0v) is 9.04. The molecule has 1 aromatic rings. The molecular formula is C8H4BrF6N. The maximum atomic E-state index is 12.9. The third kappa shape index (κ3) is 2.47. The zero-order valence-electron chi connectivity index (χ0n) is 7.45. The Kier molecular flexibility index (Phi) is 3.82. The van der Waals surface area contributed by atoms with Crippen molar-refractivity contribution in [2.45, 2.75) is 17.9 Å². The average molecular weight is 308 g/mol. The molecule has 1 rings (SSSR count). The van der Waals surface area contributed by atoms with E-state index in [0.717, 1.165) is 0 Å². The minimum atomic E-state index is -5.07. The van der Waals surface area contributed by atoms with Gasteiger partial charge in [0.1, 0.15) is 0 Å². The Hall–Kier alpha value is -0.790. The highest BCUT2D eigenvalue weighted by Crippen LogP contribution is 2.39. The zero-order chi connectivity index (χ0) is 12.5. The van der Waals surface area contributed by atoms with Crippen molar-refractivity contribution in [3.63, 3.8) is 0 Å². The highest BCUT2D eigenvalue weighted by atomic mass is 79.9. The summed E-state index contributed by atoms with van der Waals surface area (Å²) in [6, 6.07) is 0. The molecule has 0 amide bonds. The molecule has 0 aliphatic rings. The molecule has 0 bridgehead atoms. The van der Waals surface area contributed by atoms with E-state index in [1.54, 1.807) is 0 Å². The van der Waals surface area contributed by atoms with E-state index in [9.17, 15) is 26.3 Å². The molecule has 90 valence electrons. The second-order valence-electron chi connectivity index (χ2n) is 2.77. The van der Waals surface area contributed by atoms with Crippen LogP contribution < -0.4 is 0 Å². The molecule has 0 unspecified atom stereocenters. The Morgan fingerprint density at radius 2 is 1.88 bits per heavy atom. The van der Waals surface area contributed by atoms with Crippen molar-refractivity contribution in [1.29, 1.82) is 0 Å². The van der Waals surface area contributed by atoms with Crippen LogP contribution in [0.2, 0.25) is 0 Å². The number of aromatic nitrogens is 1. The van der Waals surface area contributed by atoms with Crippen LogP contribution in [0, 0.1) is 5.82 Å². The van der Waals surface area contributed by atoms with E-state index in [1.165, 1.54) is 0 Å². The van der Waals surface area contributed by atoms with E-state index in [4.69, 9.17) is 0 Å². The number of nitrogens with zero attached hydrogens (tertiary/aromatic N) is 1. The molecule has 0 aliphatic heterocycles. The van der Waals surface area contributed by atoms with Crippen LogP contribution in [0.5, 0.6) is 0 Å². The summed E-state index contributed by atoms with van der Waals surface area (Å²) in [5.41, 5.74) is -4.03. The van der Waals surface area contributed by atoms with Crippen LogP contribution in [0.15, 0.2) is 6.20 Å². The third-order valence-corrected chi connectivity index (χ3v) is 2.31. The summed E-state index contributed by atoms with van der Waals surface area (Å²) in [4.78, 5) is 3.13. The number of hydrogen-bond donors (Lipinski definition) is 0. The fourth-order valence-corrected chi connectivity index (χ4v) is 1.60.